The van der Waals surface area contributed by atoms with E-state index in [2.05, 4.69) is 41.9 Å². The molecule has 0 aliphatic heterocycles. The van der Waals surface area contributed by atoms with E-state index >= 15 is 0 Å². The number of pyridine rings is 1. The molecule has 0 saturated carbocycles. The maximum Gasteiger partial charge on any atom is 0.143 e. The van der Waals surface area contributed by atoms with Gasteiger partial charge in [0.1, 0.15) is 10.8 Å². The number of thiocarbonyl (C=S) groups is 1. The minimum absolute atomic E-state index is 0.381. The van der Waals surface area contributed by atoms with Gasteiger partial charge < -0.3 is 10.6 Å². The predicted octanol–water partition coefficient (Wildman–Crippen LogP) is 3.72. The first-order valence-corrected chi connectivity index (χ1v) is 7.30. The van der Waals surface area contributed by atoms with Crippen molar-refractivity contribution in [3.63, 3.8) is 0 Å². The highest BCUT2D eigenvalue weighted by atomic mass is 32.1. The fourth-order valence-electron chi connectivity index (χ4n) is 2.63. The first-order chi connectivity index (χ1) is 9.79. The lowest BCUT2D eigenvalue weighted by Crippen LogP contribution is -2.21. The number of nitrogens with two attached hydrogens (primary N) is 1. The molecule has 0 fully saturated rings. The topological polar surface area (TPSA) is 42.2 Å². The van der Waals surface area contributed by atoms with E-state index < -0.39 is 0 Å². The Morgan fingerprint density at radius 1 is 1.05 bits per heavy atom. The molecule has 0 radical (unpaired) electrons. The maximum absolute atomic E-state index is 5.91. The van der Waals surface area contributed by atoms with Gasteiger partial charge in [0.25, 0.3) is 0 Å². The van der Waals surface area contributed by atoms with Gasteiger partial charge in [-0.2, -0.15) is 0 Å². The van der Waals surface area contributed by atoms with Gasteiger partial charge in [0.05, 0.1) is 5.56 Å². The van der Waals surface area contributed by atoms with Crippen LogP contribution in [0.1, 0.15) is 27.9 Å². The van der Waals surface area contributed by atoms with E-state index in [1.165, 1.54) is 11.1 Å². The molecule has 4 heteroatoms. The highest BCUT2D eigenvalue weighted by Crippen LogP contribution is 2.29. The second kappa shape index (κ2) is 5.82. The van der Waals surface area contributed by atoms with E-state index in [9.17, 15) is 0 Å². The summed E-state index contributed by atoms with van der Waals surface area (Å²) in [5.41, 5.74) is 12.3. The first kappa shape index (κ1) is 15.4. The van der Waals surface area contributed by atoms with Crippen LogP contribution in [-0.4, -0.2) is 17.0 Å². The molecule has 3 nitrogen and oxygen atoms in total. The molecular weight excluding hydrogens is 278 g/mol. The molecular formula is C17H21N3S. The van der Waals surface area contributed by atoms with E-state index in [1.807, 2.05) is 27.0 Å². The highest BCUT2D eigenvalue weighted by Gasteiger charge is 2.16. The molecule has 0 amide bonds. The third-order valence-corrected chi connectivity index (χ3v) is 3.69. The van der Waals surface area contributed by atoms with Crippen molar-refractivity contribution < 1.29 is 0 Å². The minimum atomic E-state index is 0.381. The number of aromatic nitrogens is 1. The van der Waals surface area contributed by atoms with E-state index in [1.54, 1.807) is 0 Å². The highest BCUT2D eigenvalue weighted by molar-refractivity contribution is 7.80. The van der Waals surface area contributed by atoms with Crippen molar-refractivity contribution in [3.05, 3.63) is 52.2 Å². The van der Waals surface area contributed by atoms with E-state index in [-0.39, 0.29) is 0 Å². The van der Waals surface area contributed by atoms with Gasteiger partial charge in [-0.05, 0) is 62.6 Å². The second-order valence-corrected chi connectivity index (χ2v) is 5.99. The molecule has 1 aromatic heterocycles. The zero-order valence-electron chi connectivity index (χ0n) is 13.2. The smallest absolute Gasteiger partial charge is 0.143 e. The van der Waals surface area contributed by atoms with Crippen molar-refractivity contribution in [2.75, 3.05) is 11.9 Å². The van der Waals surface area contributed by atoms with Crippen LogP contribution in [0, 0.1) is 27.7 Å². The van der Waals surface area contributed by atoms with Gasteiger partial charge in [-0.3, -0.25) is 0 Å². The SMILES string of the molecule is Cc1cc(C)cc(N(C)c2nc(C)cc(C)c2C(N)=S)c1. The summed E-state index contributed by atoms with van der Waals surface area (Å²) in [5, 5.41) is 0. The summed E-state index contributed by atoms with van der Waals surface area (Å²) in [7, 11) is 2.00. The third-order valence-electron chi connectivity index (χ3n) is 3.48. The standard InChI is InChI=1S/C17H21N3S/c1-10-6-11(2)8-14(7-10)20(5)17-15(16(18)21)12(3)9-13(4)19-17/h6-9H,1-5H3,(H2,18,21). The Labute approximate surface area is 131 Å². The molecule has 2 rings (SSSR count). The van der Waals surface area contributed by atoms with Crippen molar-refractivity contribution >= 4 is 28.7 Å². The summed E-state index contributed by atoms with van der Waals surface area (Å²) >= 11 is 5.21. The number of nitrogens with zero attached hydrogens (tertiary/aromatic N) is 2. The van der Waals surface area contributed by atoms with Gasteiger partial charge in [0, 0.05) is 18.4 Å². The van der Waals surface area contributed by atoms with Crippen molar-refractivity contribution in [3.8, 4) is 0 Å². The third kappa shape index (κ3) is 3.22. The molecule has 0 spiro atoms. The van der Waals surface area contributed by atoms with E-state index in [0.29, 0.717) is 4.99 Å². The molecule has 0 aliphatic rings. The van der Waals surface area contributed by atoms with Crippen LogP contribution in [0.15, 0.2) is 24.3 Å². The van der Waals surface area contributed by atoms with Crippen LogP contribution in [-0.2, 0) is 0 Å². The Kier molecular flexibility index (Phi) is 4.28. The molecule has 2 aromatic rings. The average molecular weight is 299 g/mol. The number of rotatable bonds is 3. The first-order valence-electron chi connectivity index (χ1n) is 6.89. The summed E-state index contributed by atoms with van der Waals surface area (Å²) in [4.78, 5) is 7.08. The lowest BCUT2D eigenvalue weighted by Gasteiger charge is -2.23. The molecule has 1 aromatic carbocycles. The van der Waals surface area contributed by atoms with Crippen LogP contribution in [0.3, 0.4) is 0 Å². The van der Waals surface area contributed by atoms with Gasteiger partial charge >= 0.3 is 0 Å². The van der Waals surface area contributed by atoms with Gasteiger partial charge in [0.15, 0.2) is 0 Å². The molecule has 21 heavy (non-hydrogen) atoms. The van der Waals surface area contributed by atoms with Crippen molar-refractivity contribution in [1.29, 1.82) is 0 Å². The Morgan fingerprint density at radius 2 is 1.62 bits per heavy atom. The van der Waals surface area contributed by atoms with Gasteiger partial charge in [-0.25, -0.2) is 4.98 Å². The summed E-state index contributed by atoms with van der Waals surface area (Å²) in [5.74, 6) is 0.810. The molecule has 0 saturated heterocycles. The van der Waals surface area contributed by atoms with Crippen LogP contribution in [0.25, 0.3) is 0 Å². The monoisotopic (exact) mass is 299 g/mol. The number of hydrogen-bond donors (Lipinski definition) is 1. The van der Waals surface area contributed by atoms with Crippen LogP contribution in [0.4, 0.5) is 11.5 Å². The van der Waals surface area contributed by atoms with Crippen molar-refractivity contribution in [1.82, 2.24) is 4.98 Å². The quantitative estimate of drug-likeness (QED) is 0.877. The fourth-order valence-corrected chi connectivity index (χ4v) is 2.88. The van der Waals surface area contributed by atoms with Crippen LogP contribution in [0.5, 0.6) is 0 Å². The van der Waals surface area contributed by atoms with Gasteiger partial charge in [0.2, 0.25) is 0 Å². The molecule has 2 N–H and O–H groups in total. The second-order valence-electron chi connectivity index (χ2n) is 5.55. The van der Waals surface area contributed by atoms with Crippen LogP contribution in [0.2, 0.25) is 0 Å². The molecule has 0 atom stereocenters. The lowest BCUT2D eigenvalue weighted by atomic mass is 10.1. The molecule has 110 valence electrons. The Hall–Kier alpha value is -1.94. The number of anilines is 2. The minimum Gasteiger partial charge on any atom is -0.389 e. The van der Waals surface area contributed by atoms with Crippen molar-refractivity contribution in [2.45, 2.75) is 27.7 Å². The largest absolute Gasteiger partial charge is 0.389 e. The Bertz CT molecular complexity index is 687. The lowest BCUT2D eigenvalue weighted by molar-refractivity contribution is 1.07. The van der Waals surface area contributed by atoms with Crippen LogP contribution >= 0.6 is 12.2 Å². The summed E-state index contributed by atoms with van der Waals surface area (Å²) < 4.78 is 0. The van der Waals surface area contributed by atoms with Crippen LogP contribution < -0.4 is 10.6 Å². The van der Waals surface area contributed by atoms with E-state index in [0.717, 1.165) is 28.3 Å². The normalized spacial score (nSPS) is 10.5. The zero-order valence-corrected chi connectivity index (χ0v) is 14.0. The maximum atomic E-state index is 5.91. The van der Waals surface area contributed by atoms with Crippen molar-refractivity contribution in [2.24, 2.45) is 5.73 Å². The summed E-state index contributed by atoms with van der Waals surface area (Å²) in [6, 6.07) is 8.43. The number of benzene rings is 1. The molecule has 0 aliphatic carbocycles. The molecule has 1 heterocycles. The summed E-state index contributed by atoms with van der Waals surface area (Å²) in [6.45, 7) is 8.18. The zero-order chi connectivity index (χ0) is 15.7. The van der Waals surface area contributed by atoms with Gasteiger partial charge in [-0.15, -0.1) is 0 Å². The van der Waals surface area contributed by atoms with E-state index in [4.69, 9.17) is 18.0 Å². The average Bonchev–Trinajstić information content (AvgIpc) is 2.35. The number of aryl methyl sites for hydroxylation is 4. The Morgan fingerprint density at radius 3 is 2.14 bits per heavy atom. The summed E-state index contributed by atoms with van der Waals surface area (Å²) in [6.07, 6.45) is 0. The molecule has 0 unspecified atom stereocenters. The predicted molar refractivity (Wildman–Crippen MR) is 93.6 cm³/mol. The Balaban J connectivity index is 2.62. The number of hydrogen-bond acceptors (Lipinski definition) is 3. The fraction of sp³-hybridized carbons (Fsp3) is 0.294. The van der Waals surface area contributed by atoms with Gasteiger partial charge in [-0.1, -0.05) is 18.3 Å². The molecule has 0 bridgehead atoms.